The van der Waals surface area contributed by atoms with E-state index in [1.807, 2.05) is 38.1 Å². The summed E-state index contributed by atoms with van der Waals surface area (Å²) in [4.78, 5) is 29.2. The standard InChI is InChI=1S/C21H27N5O2/c1-5-22-12-15-7-6-8-16(11-15)24-18(27)10-9-17-13(2)19-20(23-14(17)3)26(4)25-21(19)28/h6-8,11,22H,5,9-10,12H2,1-4H3,(H,24,27)(H,25,28). The van der Waals surface area contributed by atoms with E-state index in [2.05, 4.69) is 27.6 Å². The molecule has 28 heavy (non-hydrogen) atoms. The van der Waals surface area contributed by atoms with Crippen LogP contribution in [0, 0.1) is 13.8 Å². The molecule has 2 heterocycles. The van der Waals surface area contributed by atoms with Crippen LogP contribution in [0.25, 0.3) is 11.0 Å². The van der Waals surface area contributed by atoms with Gasteiger partial charge in [0, 0.05) is 31.4 Å². The van der Waals surface area contributed by atoms with Crippen molar-refractivity contribution in [2.24, 2.45) is 7.05 Å². The van der Waals surface area contributed by atoms with Crippen LogP contribution in [0.5, 0.6) is 0 Å². The Morgan fingerprint density at radius 2 is 2.07 bits per heavy atom. The highest BCUT2D eigenvalue weighted by atomic mass is 16.1. The summed E-state index contributed by atoms with van der Waals surface area (Å²) in [6.07, 6.45) is 0.870. The molecule has 148 valence electrons. The van der Waals surface area contributed by atoms with E-state index in [4.69, 9.17) is 0 Å². The van der Waals surface area contributed by atoms with Crippen molar-refractivity contribution in [3.8, 4) is 0 Å². The Morgan fingerprint density at radius 1 is 1.29 bits per heavy atom. The first kappa shape index (κ1) is 19.8. The van der Waals surface area contributed by atoms with Crippen molar-refractivity contribution < 1.29 is 4.79 Å². The predicted molar refractivity (Wildman–Crippen MR) is 112 cm³/mol. The van der Waals surface area contributed by atoms with Gasteiger partial charge >= 0.3 is 0 Å². The maximum Gasteiger partial charge on any atom is 0.273 e. The number of rotatable bonds is 7. The number of carbonyl (C=O) groups excluding carboxylic acids is 1. The number of pyridine rings is 1. The van der Waals surface area contributed by atoms with E-state index in [1.165, 1.54) is 0 Å². The molecule has 0 spiro atoms. The van der Waals surface area contributed by atoms with Gasteiger partial charge in [-0.25, -0.2) is 4.98 Å². The minimum Gasteiger partial charge on any atom is -0.326 e. The van der Waals surface area contributed by atoms with Crippen molar-refractivity contribution in [1.82, 2.24) is 20.1 Å². The summed E-state index contributed by atoms with van der Waals surface area (Å²) >= 11 is 0. The topological polar surface area (TPSA) is 91.8 Å². The van der Waals surface area contributed by atoms with Crippen LogP contribution in [0.4, 0.5) is 5.69 Å². The van der Waals surface area contributed by atoms with Crippen molar-refractivity contribution in [3.63, 3.8) is 0 Å². The molecule has 7 heteroatoms. The van der Waals surface area contributed by atoms with Crippen LogP contribution in [0.1, 0.15) is 35.7 Å². The number of fused-ring (bicyclic) bond motifs is 1. The fraction of sp³-hybridized carbons (Fsp3) is 0.381. The molecule has 1 aromatic carbocycles. The molecule has 0 aliphatic carbocycles. The molecule has 0 saturated heterocycles. The number of carbonyl (C=O) groups is 1. The zero-order valence-corrected chi connectivity index (χ0v) is 16.8. The van der Waals surface area contributed by atoms with Gasteiger partial charge < -0.3 is 10.6 Å². The van der Waals surface area contributed by atoms with Crippen LogP contribution in [0.2, 0.25) is 0 Å². The zero-order chi connectivity index (χ0) is 20.3. The first-order chi connectivity index (χ1) is 13.4. The summed E-state index contributed by atoms with van der Waals surface area (Å²) in [5, 5.41) is 9.58. The number of anilines is 1. The Morgan fingerprint density at radius 3 is 2.82 bits per heavy atom. The second kappa shape index (κ2) is 8.39. The Bertz CT molecular complexity index is 1060. The predicted octanol–water partition coefficient (Wildman–Crippen LogP) is 2.56. The summed E-state index contributed by atoms with van der Waals surface area (Å²) in [6, 6.07) is 7.84. The quantitative estimate of drug-likeness (QED) is 0.586. The van der Waals surface area contributed by atoms with Gasteiger partial charge in [0.15, 0.2) is 5.65 Å². The first-order valence-electron chi connectivity index (χ1n) is 9.55. The molecule has 7 nitrogen and oxygen atoms in total. The van der Waals surface area contributed by atoms with Gasteiger partial charge in [-0.3, -0.25) is 19.4 Å². The Balaban J connectivity index is 1.71. The third-order valence-electron chi connectivity index (χ3n) is 4.97. The minimum atomic E-state index is -0.147. The zero-order valence-electron chi connectivity index (χ0n) is 16.8. The van der Waals surface area contributed by atoms with E-state index in [0.717, 1.165) is 41.2 Å². The number of aromatic nitrogens is 3. The molecule has 0 aliphatic heterocycles. The molecule has 3 aromatic rings. The first-order valence-corrected chi connectivity index (χ1v) is 9.55. The Hall–Kier alpha value is -2.93. The summed E-state index contributed by atoms with van der Waals surface area (Å²) in [5.74, 6) is -0.0542. The molecule has 0 saturated carbocycles. The molecule has 1 amide bonds. The lowest BCUT2D eigenvalue weighted by atomic mass is 10.00. The van der Waals surface area contributed by atoms with Crippen LogP contribution in [-0.4, -0.2) is 27.2 Å². The SMILES string of the molecule is CCNCc1cccc(NC(=O)CCc2c(C)nc3c(c2C)c(=O)[nH]n3C)c1. The maximum absolute atomic E-state index is 12.4. The lowest BCUT2D eigenvalue weighted by Gasteiger charge is -2.11. The number of aromatic amines is 1. The van der Waals surface area contributed by atoms with E-state index < -0.39 is 0 Å². The average Bonchev–Trinajstić information content (AvgIpc) is 2.93. The summed E-state index contributed by atoms with van der Waals surface area (Å²) in [6.45, 7) is 7.57. The van der Waals surface area contributed by atoms with Crippen molar-refractivity contribution in [1.29, 1.82) is 0 Å². The third-order valence-corrected chi connectivity index (χ3v) is 4.97. The highest BCUT2D eigenvalue weighted by Crippen LogP contribution is 2.21. The average molecular weight is 381 g/mol. The van der Waals surface area contributed by atoms with Crippen LogP contribution >= 0.6 is 0 Å². The van der Waals surface area contributed by atoms with E-state index in [1.54, 1.807) is 11.7 Å². The molecule has 0 radical (unpaired) electrons. The van der Waals surface area contributed by atoms with E-state index in [-0.39, 0.29) is 11.5 Å². The minimum absolute atomic E-state index is 0.0542. The number of nitrogens with one attached hydrogen (secondary N) is 3. The van der Waals surface area contributed by atoms with E-state index in [9.17, 15) is 9.59 Å². The van der Waals surface area contributed by atoms with Gasteiger partial charge in [0.25, 0.3) is 5.56 Å². The van der Waals surface area contributed by atoms with Gasteiger partial charge in [0.2, 0.25) is 5.91 Å². The number of benzene rings is 1. The molecular formula is C21H27N5O2. The molecule has 2 aromatic heterocycles. The van der Waals surface area contributed by atoms with Crippen molar-refractivity contribution in [3.05, 3.63) is 57.0 Å². The smallest absolute Gasteiger partial charge is 0.273 e. The number of amides is 1. The summed E-state index contributed by atoms with van der Waals surface area (Å²) in [5.41, 5.74) is 5.12. The van der Waals surface area contributed by atoms with Gasteiger partial charge in [-0.05, 0) is 55.6 Å². The molecular weight excluding hydrogens is 354 g/mol. The normalized spacial score (nSPS) is 11.1. The number of nitrogens with zero attached hydrogens (tertiary/aromatic N) is 2. The fourth-order valence-corrected chi connectivity index (χ4v) is 3.51. The number of aryl methyl sites for hydroxylation is 3. The lowest BCUT2D eigenvalue weighted by Crippen LogP contribution is -2.15. The summed E-state index contributed by atoms with van der Waals surface area (Å²) < 4.78 is 1.63. The van der Waals surface area contributed by atoms with Gasteiger partial charge in [0.05, 0.1) is 5.39 Å². The molecule has 0 atom stereocenters. The largest absolute Gasteiger partial charge is 0.326 e. The summed E-state index contributed by atoms with van der Waals surface area (Å²) in [7, 11) is 1.77. The molecule has 0 fully saturated rings. The second-order valence-corrected chi connectivity index (χ2v) is 7.03. The second-order valence-electron chi connectivity index (χ2n) is 7.03. The molecule has 0 unspecified atom stereocenters. The number of hydrogen-bond donors (Lipinski definition) is 3. The highest BCUT2D eigenvalue weighted by molar-refractivity contribution is 5.91. The molecule has 3 rings (SSSR count). The van der Waals surface area contributed by atoms with Crippen molar-refractivity contribution in [2.75, 3.05) is 11.9 Å². The number of hydrogen-bond acceptors (Lipinski definition) is 4. The van der Waals surface area contributed by atoms with Crippen LogP contribution in [0.3, 0.4) is 0 Å². The maximum atomic E-state index is 12.4. The molecule has 0 aliphatic rings. The monoisotopic (exact) mass is 381 g/mol. The third kappa shape index (κ3) is 4.14. The number of H-pyrrole nitrogens is 1. The van der Waals surface area contributed by atoms with Gasteiger partial charge in [-0.1, -0.05) is 19.1 Å². The van der Waals surface area contributed by atoms with Gasteiger partial charge in [-0.2, -0.15) is 0 Å². The fourth-order valence-electron chi connectivity index (χ4n) is 3.51. The van der Waals surface area contributed by atoms with Crippen molar-refractivity contribution in [2.45, 2.75) is 40.2 Å². The van der Waals surface area contributed by atoms with E-state index >= 15 is 0 Å². The molecule has 0 bridgehead atoms. The van der Waals surface area contributed by atoms with Crippen LogP contribution < -0.4 is 16.2 Å². The van der Waals surface area contributed by atoms with Crippen molar-refractivity contribution >= 4 is 22.6 Å². The highest BCUT2D eigenvalue weighted by Gasteiger charge is 2.16. The molecule has 3 N–H and O–H groups in total. The Labute approximate surface area is 164 Å². The Kier molecular flexibility index (Phi) is 5.94. The lowest BCUT2D eigenvalue weighted by molar-refractivity contribution is -0.116. The van der Waals surface area contributed by atoms with E-state index in [0.29, 0.717) is 23.9 Å². The van der Waals surface area contributed by atoms with Gasteiger partial charge in [-0.15, -0.1) is 0 Å². The van der Waals surface area contributed by atoms with Crippen LogP contribution in [0.15, 0.2) is 29.1 Å². The van der Waals surface area contributed by atoms with Gasteiger partial charge in [0.1, 0.15) is 0 Å². The van der Waals surface area contributed by atoms with Crippen LogP contribution in [-0.2, 0) is 24.8 Å².